The van der Waals surface area contributed by atoms with E-state index >= 15 is 0 Å². The van der Waals surface area contributed by atoms with Gasteiger partial charge in [0, 0.05) is 43.5 Å². The molecule has 0 spiro atoms. The number of aryl methyl sites for hydroxylation is 2. The molecule has 0 radical (unpaired) electrons. The highest BCUT2D eigenvalue weighted by atomic mass is 32.1. The van der Waals surface area contributed by atoms with Crippen LogP contribution in [0.25, 0.3) is 0 Å². The summed E-state index contributed by atoms with van der Waals surface area (Å²) < 4.78 is 10.7. The van der Waals surface area contributed by atoms with Crippen LogP contribution in [0.4, 0.5) is 5.82 Å². The molecule has 0 amide bonds. The number of ether oxygens (including phenoxy) is 2. The van der Waals surface area contributed by atoms with E-state index in [-0.39, 0.29) is 0 Å². The Kier molecular flexibility index (Phi) is 5.76. The fraction of sp³-hybridized carbons (Fsp3) is 0.588. The van der Waals surface area contributed by atoms with Crippen LogP contribution in [0.3, 0.4) is 0 Å². The van der Waals surface area contributed by atoms with Crippen LogP contribution >= 0.6 is 11.3 Å². The zero-order valence-electron chi connectivity index (χ0n) is 14.5. The summed E-state index contributed by atoms with van der Waals surface area (Å²) in [6.45, 7) is 6.93. The third-order valence-electron chi connectivity index (χ3n) is 4.13. The van der Waals surface area contributed by atoms with Gasteiger partial charge in [-0.05, 0) is 20.3 Å². The first-order valence-corrected chi connectivity index (χ1v) is 9.08. The van der Waals surface area contributed by atoms with Gasteiger partial charge in [-0.2, -0.15) is 0 Å². The lowest BCUT2D eigenvalue weighted by molar-refractivity contribution is 0.177. The quantitative estimate of drug-likeness (QED) is 0.830. The summed E-state index contributed by atoms with van der Waals surface area (Å²) >= 11 is 1.76. The van der Waals surface area contributed by atoms with Gasteiger partial charge in [-0.15, -0.1) is 11.3 Å². The third-order valence-corrected chi connectivity index (χ3v) is 5.26. The fourth-order valence-electron chi connectivity index (χ4n) is 2.72. The Labute approximate surface area is 146 Å². The molecule has 0 aromatic carbocycles. The van der Waals surface area contributed by atoms with Crippen LogP contribution in [-0.2, 0) is 22.5 Å². The highest BCUT2D eigenvalue weighted by Gasteiger charge is 2.20. The van der Waals surface area contributed by atoms with E-state index in [2.05, 4.69) is 34.1 Å². The molecule has 0 bridgehead atoms. The van der Waals surface area contributed by atoms with Crippen molar-refractivity contribution in [1.82, 2.24) is 15.0 Å². The SMILES string of the molecule is COCc1nc(NCCc2nc(C)c(C)s2)cc(C2CCOC2)n1. The summed E-state index contributed by atoms with van der Waals surface area (Å²) in [6.07, 6.45) is 1.91. The zero-order chi connectivity index (χ0) is 16.9. The van der Waals surface area contributed by atoms with Gasteiger partial charge in [-0.1, -0.05) is 0 Å². The molecule has 6 nitrogen and oxygen atoms in total. The Bertz CT molecular complexity index is 664. The van der Waals surface area contributed by atoms with Crippen molar-refractivity contribution in [2.45, 2.75) is 39.2 Å². The van der Waals surface area contributed by atoms with E-state index in [0.29, 0.717) is 18.3 Å². The third kappa shape index (κ3) is 4.28. The van der Waals surface area contributed by atoms with Gasteiger partial charge >= 0.3 is 0 Å². The molecule has 24 heavy (non-hydrogen) atoms. The molecular formula is C17H24N4O2S. The standard InChI is InChI=1S/C17H24N4O2S/c1-11-12(2)24-17(19-11)4-6-18-15-8-14(13-5-7-23-9-13)20-16(21-15)10-22-3/h8,13H,4-7,9-10H2,1-3H3,(H,18,20,21). The van der Waals surface area contributed by atoms with Crippen LogP contribution in [0.2, 0.25) is 0 Å². The molecular weight excluding hydrogens is 324 g/mol. The lowest BCUT2D eigenvalue weighted by atomic mass is 10.0. The summed E-state index contributed by atoms with van der Waals surface area (Å²) in [7, 11) is 1.66. The fourth-order valence-corrected chi connectivity index (χ4v) is 3.66. The van der Waals surface area contributed by atoms with Gasteiger partial charge in [0.25, 0.3) is 0 Å². The van der Waals surface area contributed by atoms with Crippen LogP contribution < -0.4 is 5.32 Å². The number of methoxy groups -OCH3 is 1. The minimum Gasteiger partial charge on any atom is -0.381 e. The van der Waals surface area contributed by atoms with Crippen molar-refractivity contribution in [2.75, 3.05) is 32.2 Å². The second-order valence-corrected chi connectivity index (χ2v) is 7.30. The summed E-state index contributed by atoms with van der Waals surface area (Å²) in [4.78, 5) is 15.0. The maximum absolute atomic E-state index is 5.48. The van der Waals surface area contributed by atoms with Crippen molar-refractivity contribution in [3.63, 3.8) is 0 Å². The molecule has 1 N–H and O–H groups in total. The molecule has 2 aromatic heterocycles. The van der Waals surface area contributed by atoms with Gasteiger partial charge in [0.05, 0.1) is 23.0 Å². The van der Waals surface area contributed by atoms with Gasteiger partial charge in [0.15, 0.2) is 5.82 Å². The Hall–Kier alpha value is -1.57. The second kappa shape index (κ2) is 8.00. The van der Waals surface area contributed by atoms with E-state index in [4.69, 9.17) is 9.47 Å². The highest BCUT2D eigenvalue weighted by molar-refractivity contribution is 7.11. The number of hydrogen-bond donors (Lipinski definition) is 1. The molecule has 1 fully saturated rings. The first-order valence-electron chi connectivity index (χ1n) is 8.27. The van der Waals surface area contributed by atoms with E-state index in [0.717, 1.165) is 54.8 Å². The normalized spacial score (nSPS) is 17.4. The molecule has 1 aliphatic heterocycles. The minimum absolute atomic E-state index is 0.355. The van der Waals surface area contributed by atoms with Gasteiger partial charge in [0.1, 0.15) is 12.4 Å². The topological polar surface area (TPSA) is 69.2 Å². The van der Waals surface area contributed by atoms with Crippen molar-refractivity contribution >= 4 is 17.2 Å². The molecule has 3 rings (SSSR count). The number of hydrogen-bond acceptors (Lipinski definition) is 7. The molecule has 1 atom stereocenters. The lowest BCUT2D eigenvalue weighted by Crippen LogP contribution is -2.12. The van der Waals surface area contributed by atoms with E-state index in [1.54, 1.807) is 18.4 Å². The van der Waals surface area contributed by atoms with Crippen LogP contribution in [0, 0.1) is 13.8 Å². The maximum atomic E-state index is 5.48. The predicted molar refractivity (Wildman–Crippen MR) is 94.7 cm³/mol. The average molecular weight is 348 g/mol. The van der Waals surface area contributed by atoms with Gasteiger partial charge < -0.3 is 14.8 Å². The largest absolute Gasteiger partial charge is 0.381 e. The second-order valence-electron chi connectivity index (χ2n) is 6.01. The van der Waals surface area contributed by atoms with Crippen molar-refractivity contribution in [3.05, 3.63) is 33.2 Å². The van der Waals surface area contributed by atoms with Crippen LogP contribution in [0.5, 0.6) is 0 Å². The first-order chi connectivity index (χ1) is 11.7. The van der Waals surface area contributed by atoms with Crippen molar-refractivity contribution in [1.29, 1.82) is 0 Å². The van der Waals surface area contributed by atoms with Crippen LogP contribution in [0.15, 0.2) is 6.07 Å². The molecule has 130 valence electrons. The van der Waals surface area contributed by atoms with Gasteiger partial charge in [-0.25, -0.2) is 15.0 Å². The van der Waals surface area contributed by atoms with Gasteiger partial charge in [0.2, 0.25) is 0 Å². The summed E-state index contributed by atoms with van der Waals surface area (Å²) in [5.74, 6) is 1.92. The predicted octanol–water partition coefficient (Wildman–Crippen LogP) is 2.85. The highest BCUT2D eigenvalue weighted by Crippen LogP contribution is 2.25. The maximum Gasteiger partial charge on any atom is 0.156 e. The van der Waals surface area contributed by atoms with Crippen molar-refractivity contribution < 1.29 is 9.47 Å². The molecule has 7 heteroatoms. The number of nitrogens with zero attached hydrogens (tertiary/aromatic N) is 3. The smallest absolute Gasteiger partial charge is 0.156 e. The molecule has 2 aromatic rings. The molecule has 0 aliphatic carbocycles. The Balaban J connectivity index is 1.66. The van der Waals surface area contributed by atoms with E-state index in [1.165, 1.54) is 4.88 Å². The van der Waals surface area contributed by atoms with Crippen LogP contribution in [0.1, 0.15) is 39.4 Å². The van der Waals surface area contributed by atoms with E-state index in [1.807, 2.05) is 6.07 Å². The Morgan fingerprint density at radius 1 is 1.33 bits per heavy atom. The molecule has 3 heterocycles. The first kappa shape index (κ1) is 17.3. The summed E-state index contributed by atoms with van der Waals surface area (Å²) in [5, 5.41) is 4.56. The van der Waals surface area contributed by atoms with Crippen molar-refractivity contribution in [2.24, 2.45) is 0 Å². The zero-order valence-corrected chi connectivity index (χ0v) is 15.3. The number of nitrogens with one attached hydrogen (secondary N) is 1. The monoisotopic (exact) mass is 348 g/mol. The number of rotatable bonds is 7. The van der Waals surface area contributed by atoms with E-state index in [9.17, 15) is 0 Å². The molecule has 1 aliphatic rings. The van der Waals surface area contributed by atoms with E-state index < -0.39 is 0 Å². The Morgan fingerprint density at radius 3 is 2.88 bits per heavy atom. The molecule has 0 saturated carbocycles. The minimum atomic E-state index is 0.355. The molecule has 1 saturated heterocycles. The van der Waals surface area contributed by atoms with Gasteiger partial charge in [-0.3, -0.25) is 0 Å². The lowest BCUT2D eigenvalue weighted by Gasteiger charge is -2.12. The molecule has 1 unspecified atom stereocenters. The summed E-state index contributed by atoms with van der Waals surface area (Å²) in [6, 6.07) is 2.04. The number of thiazole rings is 1. The summed E-state index contributed by atoms with van der Waals surface area (Å²) in [5.41, 5.74) is 2.17. The van der Waals surface area contributed by atoms with Crippen molar-refractivity contribution in [3.8, 4) is 0 Å². The number of anilines is 1. The average Bonchev–Trinajstić information content (AvgIpc) is 3.18. The number of aromatic nitrogens is 3. The van der Waals surface area contributed by atoms with Crippen LogP contribution in [-0.4, -0.2) is 41.8 Å². The Morgan fingerprint density at radius 2 is 2.21 bits per heavy atom.